The Kier molecular flexibility index (Phi) is 6.12. The predicted octanol–water partition coefficient (Wildman–Crippen LogP) is 3.19. The van der Waals surface area contributed by atoms with Crippen LogP contribution in [0.15, 0.2) is 18.7 Å². The first-order valence-corrected chi connectivity index (χ1v) is 9.40. The molecule has 0 spiro atoms. The van der Waals surface area contributed by atoms with Gasteiger partial charge < -0.3 is 9.47 Å². The number of aromatic nitrogens is 2. The lowest BCUT2D eigenvalue weighted by molar-refractivity contribution is -0.704. The van der Waals surface area contributed by atoms with Crippen molar-refractivity contribution in [2.24, 2.45) is 11.8 Å². The Morgan fingerprint density at radius 3 is 2.22 bits per heavy atom. The monoisotopic (exact) mass is 321 g/mol. The summed E-state index contributed by atoms with van der Waals surface area (Å²) in [5.41, 5.74) is 0. The van der Waals surface area contributed by atoms with Crippen molar-refractivity contribution in [3.8, 4) is 0 Å². The fourth-order valence-corrected chi connectivity index (χ4v) is 4.58. The summed E-state index contributed by atoms with van der Waals surface area (Å²) < 4.78 is 16.1. The van der Waals surface area contributed by atoms with Crippen LogP contribution in [-0.2, 0) is 22.6 Å². The Bertz CT molecular complexity index is 433. The van der Waals surface area contributed by atoms with Crippen LogP contribution >= 0.6 is 0 Å². The number of imidazole rings is 1. The van der Waals surface area contributed by atoms with Crippen molar-refractivity contribution in [2.75, 3.05) is 14.2 Å². The van der Waals surface area contributed by atoms with E-state index in [0.29, 0.717) is 24.0 Å². The van der Waals surface area contributed by atoms with Crippen molar-refractivity contribution in [1.82, 2.24) is 4.57 Å². The second-order valence-corrected chi connectivity index (χ2v) is 7.44. The van der Waals surface area contributed by atoms with Crippen LogP contribution in [0, 0.1) is 11.8 Å². The zero-order chi connectivity index (χ0) is 16.1. The highest BCUT2D eigenvalue weighted by Crippen LogP contribution is 2.28. The second-order valence-electron chi connectivity index (χ2n) is 7.44. The highest BCUT2D eigenvalue weighted by molar-refractivity contribution is 4.79. The second kappa shape index (κ2) is 8.29. The molecule has 4 unspecified atom stereocenters. The summed E-state index contributed by atoms with van der Waals surface area (Å²) in [6.45, 7) is 2.17. The van der Waals surface area contributed by atoms with E-state index in [4.69, 9.17) is 9.47 Å². The number of hydrogen-bond acceptors (Lipinski definition) is 2. The van der Waals surface area contributed by atoms with E-state index in [0.717, 1.165) is 13.1 Å². The van der Waals surface area contributed by atoms with E-state index in [2.05, 4.69) is 27.9 Å². The van der Waals surface area contributed by atoms with E-state index in [-0.39, 0.29) is 0 Å². The van der Waals surface area contributed by atoms with Gasteiger partial charge in [-0.2, -0.15) is 0 Å². The van der Waals surface area contributed by atoms with E-state index in [1.807, 2.05) is 14.2 Å². The molecule has 3 rings (SSSR count). The van der Waals surface area contributed by atoms with Crippen LogP contribution in [0.25, 0.3) is 0 Å². The summed E-state index contributed by atoms with van der Waals surface area (Å²) in [6.07, 6.45) is 18.0. The van der Waals surface area contributed by atoms with Crippen LogP contribution in [0.5, 0.6) is 0 Å². The van der Waals surface area contributed by atoms with Crippen molar-refractivity contribution in [3.63, 3.8) is 0 Å². The Balaban J connectivity index is 1.57. The Morgan fingerprint density at radius 2 is 1.52 bits per heavy atom. The molecule has 23 heavy (non-hydrogen) atoms. The molecule has 2 saturated carbocycles. The van der Waals surface area contributed by atoms with Crippen molar-refractivity contribution in [2.45, 2.75) is 76.7 Å². The van der Waals surface area contributed by atoms with Crippen molar-refractivity contribution in [1.29, 1.82) is 0 Å². The standard InChI is InChI=1S/C19H33N2O2/c1-22-18-9-5-3-7-16(18)13-20-11-12-21(15-20)14-17-8-4-6-10-19(17)23-2/h11-12,15-19H,3-10,13-14H2,1-2H3/q+1. The first kappa shape index (κ1) is 17.0. The zero-order valence-corrected chi connectivity index (χ0v) is 14.8. The van der Waals surface area contributed by atoms with Gasteiger partial charge in [-0.3, -0.25) is 0 Å². The van der Waals surface area contributed by atoms with Crippen molar-refractivity contribution >= 4 is 0 Å². The molecule has 1 aromatic rings. The molecule has 0 aromatic carbocycles. The molecular weight excluding hydrogens is 288 g/mol. The largest absolute Gasteiger partial charge is 0.381 e. The van der Waals surface area contributed by atoms with E-state index in [9.17, 15) is 0 Å². The molecule has 1 aromatic heterocycles. The minimum Gasteiger partial charge on any atom is -0.381 e. The molecule has 130 valence electrons. The Labute approximate surface area is 140 Å². The normalized spacial score (nSPS) is 32.1. The van der Waals surface area contributed by atoms with Gasteiger partial charge in [-0.15, -0.1) is 0 Å². The van der Waals surface area contributed by atoms with Gasteiger partial charge in [0.05, 0.1) is 25.3 Å². The SMILES string of the molecule is COC1CCCCC1Cn1cc[n+](CC2CCCCC2OC)c1. The number of ether oxygens (including phenoxy) is 2. The van der Waals surface area contributed by atoms with Gasteiger partial charge in [0.25, 0.3) is 0 Å². The molecule has 0 amide bonds. The number of rotatable bonds is 6. The van der Waals surface area contributed by atoms with Gasteiger partial charge in [-0.1, -0.05) is 25.7 Å². The molecule has 2 aliphatic rings. The maximum atomic E-state index is 5.70. The highest BCUT2D eigenvalue weighted by Gasteiger charge is 2.29. The van der Waals surface area contributed by atoms with Gasteiger partial charge in [0.15, 0.2) is 0 Å². The summed E-state index contributed by atoms with van der Waals surface area (Å²) >= 11 is 0. The van der Waals surface area contributed by atoms with E-state index in [1.165, 1.54) is 51.4 Å². The van der Waals surface area contributed by atoms with Crippen LogP contribution in [0.3, 0.4) is 0 Å². The fraction of sp³-hybridized carbons (Fsp3) is 0.842. The quantitative estimate of drug-likeness (QED) is 0.753. The van der Waals surface area contributed by atoms with Gasteiger partial charge in [0.1, 0.15) is 12.4 Å². The number of nitrogens with zero attached hydrogens (tertiary/aromatic N) is 2. The lowest BCUT2D eigenvalue weighted by Crippen LogP contribution is -2.41. The summed E-state index contributed by atoms with van der Waals surface area (Å²) in [5.74, 6) is 1.33. The van der Waals surface area contributed by atoms with Crippen LogP contribution in [-0.4, -0.2) is 31.0 Å². The zero-order valence-electron chi connectivity index (χ0n) is 14.8. The summed E-state index contributed by atoms with van der Waals surface area (Å²) in [4.78, 5) is 0. The number of hydrogen-bond donors (Lipinski definition) is 0. The molecule has 2 aliphatic carbocycles. The molecule has 4 heteroatoms. The predicted molar refractivity (Wildman–Crippen MR) is 90.1 cm³/mol. The summed E-state index contributed by atoms with van der Waals surface area (Å²) in [6, 6.07) is 0. The van der Waals surface area contributed by atoms with Crippen LogP contribution in [0.1, 0.15) is 51.4 Å². The average molecular weight is 321 g/mol. The molecule has 2 fully saturated rings. The van der Waals surface area contributed by atoms with Crippen LogP contribution in [0.2, 0.25) is 0 Å². The van der Waals surface area contributed by atoms with Gasteiger partial charge in [-0.05, 0) is 25.7 Å². The maximum absolute atomic E-state index is 5.70. The minimum absolute atomic E-state index is 0.441. The van der Waals surface area contributed by atoms with Gasteiger partial charge >= 0.3 is 0 Å². The third-order valence-corrected chi connectivity index (χ3v) is 5.92. The van der Waals surface area contributed by atoms with Crippen LogP contribution in [0.4, 0.5) is 0 Å². The van der Waals surface area contributed by atoms with E-state index in [1.54, 1.807) is 0 Å². The molecule has 0 bridgehead atoms. The molecule has 0 aliphatic heterocycles. The molecule has 4 nitrogen and oxygen atoms in total. The number of methoxy groups -OCH3 is 2. The van der Waals surface area contributed by atoms with E-state index >= 15 is 0 Å². The molecule has 0 saturated heterocycles. The van der Waals surface area contributed by atoms with Crippen LogP contribution < -0.4 is 4.57 Å². The topological polar surface area (TPSA) is 27.3 Å². The Hall–Kier alpha value is -0.870. The molecule has 4 atom stereocenters. The van der Waals surface area contributed by atoms with Gasteiger partial charge in [0, 0.05) is 26.1 Å². The summed E-state index contributed by atoms with van der Waals surface area (Å²) in [7, 11) is 3.74. The molecular formula is C19H33N2O2+. The molecule has 0 N–H and O–H groups in total. The first-order chi connectivity index (χ1) is 11.3. The van der Waals surface area contributed by atoms with Crippen molar-refractivity contribution in [3.05, 3.63) is 18.7 Å². The molecule has 1 heterocycles. The first-order valence-electron chi connectivity index (χ1n) is 9.40. The lowest BCUT2D eigenvalue weighted by atomic mass is 9.86. The summed E-state index contributed by atoms with van der Waals surface area (Å²) in [5, 5.41) is 0. The van der Waals surface area contributed by atoms with Gasteiger partial charge in [0.2, 0.25) is 6.33 Å². The van der Waals surface area contributed by atoms with Gasteiger partial charge in [-0.25, -0.2) is 9.13 Å². The smallest absolute Gasteiger partial charge is 0.243 e. The fourth-order valence-electron chi connectivity index (χ4n) is 4.58. The maximum Gasteiger partial charge on any atom is 0.243 e. The lowest BCUT2D eigenvalue weighted by Gasteiger charge is -2.29. The third-order valence-electron chi connectivity index (χ3n) is 5.92. The average Bonchev–Trinajstić information content (AvgIpc) is 3.03. The van der Waals surface area contributed by atoms with Crippen molar-refractivity contribution < 1.29 is 14.0 Å². The highest BCUT2D eigenvalue weighted by atomic mass is 16.5. The minimum atomic E-state index is 0.441. The third kappa shape index (κ3) is 4.36. The van der Waals surface area contributed by atoms with E-state index < -0.39 is 0 Å². The Morgan fingerprint density at radius 1 is 0.913 bits per heavy atom. The molecule has 0 radical (unpaired) electrons.